The second kappa shape index (κ2) is 5.33. The Bertz CT molecular complexity index is 323. The van der Waals surface area contributed by atoms with Crippen LogP contribution in [0.15, 0.2) is 24.3 Å². The molecule has 15 heavy (non-hydrogen) atoms. The number of aromatic hydroxyl groups is 1. The smallest absolute Gasteiger partial charge is 0.222 e. The Morgan fingerprint density at radius 3 is 2.53 bits per heavy atom. The summed E-state index contributed by atoms with van der Waals surface area (Å²) in [5.41, 5.74) is 0.624. The zero-order valence-corrected chi connectivity index (χ0v) is 8.30. The lowest BCUT2D eigenvalue weighted by Crippen LogP contribution is -2.21. The topological polar surface area (TPSA) is 78.8 Å². The highest BCUT2D eigenvalue weighted by Gasteiger charge is 2.15. The van der Waals surface area contributed by atoms with Crippen LogP contribution in [0.1, 0.15) is 18.1 Å². The van der Waals surface area contributed by atoms with Crippen molar-refractivity contribution in [3.8, 4) is 5.75 Å². The van der Waals surface area contributed by atoms with Gasteiger partial charge in [0.2, 0.25) is 5.91 Å². The first-order valence-electron chi connectivity index (χ1n) is 4.47. The van der Waals surface area contributed by atoms with E-state index in [-0.39, 0.29) is 18.1 Å². The van der Waals surface area contributed by atoms with E-state index in [1.165, 1.54) is 19.2 Å². The fraction of sp³-hybridized carbons (Fsp3) is 0.300. The molecule has 1 atom stereocenters. The van der Waals surface area contributed by atoms with E-state index in [9.17, 15) is 4.79 Å². The summed E-state index contributed by atoms with van der Waals surface area (Å²) in [5.74, 6) is -0.113. The number of rotatable bonds is 4. The van der Waals surface area contributed by atoms with Gasteiger partial charge in [-0.1, -0.05) is 12.1 Å². The van der Waals surface area contributed by atoms with Gasteiger partial charge >= 0.3 is 0 Å². The van der Waals surface area contributed by atoms with Gasteiger partial charge in [-0.2, -0.15) is 0 Å². The van der Waals surface area contributed by atoms with E-state index < -0.39 is 6.10 Å². The molecule has 0 saturated carbocycles. The van der Waals surface area contributed by atoms with E-state index in [2.05, 4.69) is 10.2 Å². The van der Waals surface area contributed by atoms with Crippen LogP contribution in [0.25, 0.3) is 0 Å². The number of phenols is 1. The molecule has 0 aromatic heterocycles. The van der Waals surface area contributed by atoms with Crippen molar-refractivity contribution in [2.24, 2.45) is 0 Å². The lowest BCUT2D eigenvalue weighted by Gasteiger charge is -2.12. The monoisotopic (exact) mass is 211 g/mol. The Kier molecular flexibility index (Phi) is 4.08. The molecule has 1 aromatic carbocycles. The molecular formula is C10H13NO4. The van der Waals surface area contributed by atoms with Crippen molar-refractivity contribution >= 4 is 5.91 Å². The van der Waals surface area contributed by atoms with E-state index in [0.29, 0.717) is 5.56 Å². The molecule has 0 aliphatic heterocycles. The number of amides is 1. The second-order valence-corrected chi connectivity index (χ2v) is 3.06. The second-order valence-electron chi connectivity index (χ2n) is 3.06. The third kappa shape index (κ3) is 3.23. The average Bonchev–Trinajstić information content (AvgIpc) is 2.27. The van der Waals surface area contributed by atoms with Crippen LogP contribution >= 0.6 is 0 Å². The van der Waals surface area contributed by atoms with Crippen molar-refractivity contribution in [1.29, 1.82) is 0 Å². The summed E-state index contributed by atoms with van der Waals surface area (Å²) in [6, 6.07) is 6.09. The maximum atomic E-state index is 11.1. The van der Waals surface area contributed by atoms with Gasteiger partial charge in [0.05, 0.1) is 6.42 Å². The maximum Gasteiger partial charge on any atom is 0.222 e. The number of nitrogens with one attached hydrogen (secondary N) is 1. The molecule has 1 rings (SSSR count). The zero-order chi connectivity index (χ0) is 11.3. The van der Waals surface area contributed by atoms with E-state index >= 15 is 0 Å². The Morgan fingerprint density at radius 2 is 2.07 bits per heavy atom. The van der Waals surface area contributed by atoms with Gasteiger partial charge in [0.25, 0.3) is 0 Å². The number of carbonyl (C=O) groups excluding carboxylic acids is 1. The summed E-state index contributed by atoms with van der Waals surface area (Å²) in [6.45, 7) is 0. The third-order valence-electron chi connectivity index (χ3n) is 2.04. The van der Waals surface area contributed by atoms with Gasteiger partial charge in [-0.3, -0.25) is 10.1 Å². The van der Waals surface area contributed by atoms with Gasteiger partial charge in [-0.15, -0.1) is 0 Å². The molecule has 1 unspecified atom stereocenters. The van der Waals surface area contributed by atoms with Gasteiger partial charge in [0, 0.05) is 7.05 Å². The highest BCUT2D eigenvalue weighted by molar-refractivity contribution is 5.76. The average molecular weight is 211 g/mol. The summed E-state index contributed by atoms with van der Waals surface area (Å²) in [4.78, 5) is 15.3. The summed E-state index contributed by atoms with van der Waals surface area (Å²) in [6.07, 6.45) is -0.692. The molecule has 5 heteroatoms. The molecule has 82 valence electrons. The van der Waals surface area contributed by atoms with Crippen LogP contribution in [0.3, 0.4) is 0 Å². The normalized spacial score (nSPS) is 12.1. The number of phenolic OH excluding ortho intramolecular Hbond substituents is 1. The van der Waals surface area contributed by atoms with Gasteiger partial charge in [0.15, 0.2) is 0 Å². The van der Waals surface area contributed by atoms with Crippen LogP contribution in [0, 0.1) is 0 Å². The van der Waals surface area contributed by atoms with E-state index in [4.69, 9.17) is 10.4 Å². The van der Waals surface area contributed by atoms with E-state index in [1.807, 2.05) is 0 Å². The molecule has 0 aliphatic rings. The first kappa shape index (κ1) is 11.5. The van der Waals surface area contributed by atoms with Crippen molar-refractivity contribution in [1.82, 2.24) is 5.32 Å². The van der Waals surface area contributed by atoms with Crippen LogP contribution in [-0.2, 0) is 9.68 Å². The number of hydrogen-bond acceptors (Lipinski definition) is 4. The molecule has 0 saturated heterocycles. The zero-order valence-electron chi connectivity index (χ0n) is 8.30. The van der Waals surface area contributed by atoms with E-state index in [0.717, 1.165) is 0 Å². The van der Waals surface area contributed by atoms with Crippen molar-refractivity contribution in [3.63, 3.8) is 0 Å². The first-order valence-corrected chi connectivity index (χ1v) is 4.47. The van der Waals surface area contributed by atoms with Gasteiger partial charge < -0.3 is 10.4 Å². The minimum absolute atomic E-state index is 0.0256. The first-order chi connectivity index (χ1) is 7.17. The van der Waals surface area contributed by atoms with Crippen molar-refractivity contribution in [2.45, 2.75) is 12.5 Å². The molecule has 1 amide bonds. The Morgan fingerprint density at radius 1 is 1.47 bits per heavy atom. The van der Waals surface area contributed by atoms with Crippen LogP contribution < -0.4 is 5.32 Å². The lowest BCUT2D eigenvalue weighted by atomic mass is 10.1. The van der Waals surface area contributed by atoms with Crippen LogP contribution in [-0.4, -0.2) is 23.3 Å². The fourth-order valence-corrected chi connectivity index (χ4v) is 1.18. The Labute approximate surface area is 87.2 Å². The molecule has 1 aromatic rings. The molecule has 0 fully saturated rings. The van der Waals surface area contributed by atoms with Crippen molar-refractivity contribution in [3.05, 3.63) is 29.8 Å². The predicted octanol–water partition coefficient (Wildman–Crippen LogP) is 1.06. The third-order valence-corrected chi connectivity index (χ3v) is 2.04. The fourth-order valence-electron chi connectivity index (χ4n) is 1.18. The molecular weight excluding hydrogens is 198 g/mol. The van der Waals surface area contributed by atoms with Crippen molar-refractivity contribution in [2.75, 3.05) is 7.05 Å². The largest absolute Gasteiger partial charge is 0.508 e. The molecule has 3 N–H and O–H groups in total. The highest BCUT2D eigenvalue weighted by Crippen LogP contribution is 2.22. The van der Waals surface area contributed by atoms with Crippen LogP contribution in [0.4, 0.5) is 0 Å². The summed E-state index contributed by atoms with van der Waals surface area (Å²) in [5, 5.41) is 20.1. The number of carbonyl (C=O) groups is 1. The Balaban J connectivity index is 2.74. The number of benzene rings is 1. The molecule has 0 bridgehead atoms. The summed E-state index contributed by atoms with van der Waals surface area (Å²) in [7, 11) is 1.51. The van der Waals surface area contributed by atoms with Gasteiger partial charge in [-0.25, -0.2) is 4.89 Å². The minimum Gasteiger partial charge on any atom is -0.508 e. The van der Waals surface area contributed by atoms with Crippen LogP contribution in [0.2, 0.25) is 0 Å². The van der Waals surface area contributed by atoms with Gasteiger partial charge in [-0.05, 0) is 17.7 Å². The molecule has 0 radical (unpaired) electrons. The molecule has 0 heterocycles. The summed E-state index contributed by atoms with van der Waals surface area (Å²) < 4.78 is 0. The predicted molar refractivity (Wildman–Crippen MR) is 53.2 cm³/mol. The number of hydrogen-bond donors (Lipinski definition) is 3. The van der Waals surface area contributed by atoms with E-state index in [1.54, 1.807) is 12.1 Å². The molecule has 0 spiro atoms. The highest BCUT2D eigenvalue weighted by atomic mass is 17.1. The molecule has 0 aliphatic carbocycles. The lowest BCUT2D eigenvalue weighted by molar-refractivity contribution is -0.281. The maximum absolute atomic E-state index is 11.1. The van der Waals surface area contributed by atoms with Gasteiger partial charge in [0.1, 0.15) is 11.9 Å². The quantitative estimate of drug-likeness (QED) is 0.514. The minimum atomic E-state index is -0.717. The molecule has 5 nitrogen and oxygen atoms in total. The van der Waals surface area contributed by atoms with Crippen LogP contribution in [0.5, 0.6) is 5.75 Å². The Hall–Kier alpha value is -1.59. The SMILES string of the molecule is CNC(=O)CC(OO)c1ccc(O)cc1. The van der Waals surface area contributed by atoms with Crippen molar-refractivity contribution < 1.29 is 20.0 Å². The standard InChI is InChI=1S/C10H13NO4/c1-11-10(13)6-9(15-14)7-2-4-8(12)5-3-7/h2-5,9,12,14H,6H2,1H3,(H,11,13). The summed E-state index contributed by atoms with van der Waals surface area (Å²) >= 11 is 0.